The van der Waals surface area contributed by atoms with Crippen molar-refractivity contribution in [3.8, 4) is 11.5 Å². The number of nitrogens with one attached hydrogen (secondary N) is 1. The maximum absolute atomic E-state index is 14.1. The third kappa shape index (κ3) is 6.93. The second-order valence-electron chi connectivity index (χ2n) is 9.56. The molecule has 0 radical (unpaired) electrons. The number of hydrogen-bond donors (Lipinski definition) is 1. The SMILES string of the molecule is CCNC(=O)C(Cc1ccccc1)N(Cc1cccc(C)c1)C(=O)CN(c1ccc2c(c1)OCO2)S(=O)(=O)CC. The summed E-state index contributed by atoms with van der Waals surface area (Å²) in [6.07, 6.45) is 0.273. The van der Waals surface area contributed by atoms with Gasteiger partial charge in [-0.2, -0.15) is 0 Å². The van der Waals surface area contributed by atoms with E-state index in [1.165, 1.54) is 11.8 Å². The molecule has 0 bridgehead atoms. The van der Waals surface area contributed by atoms with E-state index in [2.05, 4.69) is 5.32 Å². The van der Waals surface area contributed by atoms with E-state index in [-0.39, 0.29) is 37.1 Å². The van der Waals surface area contributed by atoms with Crippen LogP contribution < -0.4 is 19.1 Å². The molecule has 4 rings (SSSR count). The standard InChI is InChI=1S/C30H35N3O6S/c1-4-31-30(35)26(17-23-11-7-6-8-12-23)32(19-24-13-9-10-22(3)16-24)29(34)20-33(40(36,37)5-2)25-14-15-27-28(18-25)39-21-38-27/h6-16,18,26H,4-5,17,19-21H2,1-3H3,(H,31,35). The van der Waals surface area contributed by atoms with Gasteiger partial charge < -0.3 is 19.7 Å². The number of ether oxygens (including phenoxy) is 2. The number of benzene rings is 3. The molecule has 0 aliphatic carbocycles. The van der Waals surface area contributed by atoms with Crippen molar-refractivity contribution in [1.82, 2.24) is 10.2 Å². The fourth-order valence-corrected chi connectivity index (χ4v) is 5.67. The van der Waals surface area contributed by atoms with Crippen LogP contribution in [0.25, 0.3) is 0 Å². The van der Waals surface area contributed by atoms with Gasteiger partial charge in [0, 0.05) is 25.6 Å². The normalized spacial score (nSPS) is 13.0. The van der Waals surface area contributed by atoms with Gasteiger partial charge in [-0.3, -0.25) is 13.9 Å². The predicted octanol–water partition coefficient (Wildman–Crippen LogP) is 3.66. The van der Waals surface area contributed by atoms with Crippen LogP contribution in [0.3, 0.4) is 0 Å². The fraction of sp³-hybridized carbons (Fsp3) is 0.333. The molecule has 1 aliphatic rings. The molecule has 1 N–H and O–H groups in total. The molecule has 2 amide bonds. The molecular formula is C30H35N3O6S. The molecule has 0 saturated heterocycles. The second-order valence-corrected chi connectivity index (χ2v) is 11.7. The largest absolute Gasteiger partial charge is 0.454 e. The zero-order valence-electron chi connectivity index (χ0n) is 23.0. The third-order valence-corrected chi connectivity index (χ3v) is 8.42. The summed E-state index contributed by atoms with van der Waals surface area (Å²) >= 11 is 0. The van der Waals surface area contributed by atoms with E-state index in [1.54, 1.807) is 18.2 Å². The van der Waals surface area contributed by atoms with Gasteiger partial charge in [0.25, 0.3) is 0 Å². The molecule has 1 aliphatic heterocycles. The zero-order valence-corrected chi connectivity index (χ0v) is 23.8. The summed E-state index contributed by atoms with van der Waals surface area (Å²) in [6, 6.07) is 21.1. The van der Waals surface area contributed by atoms with E-state index in [0.717, 1.165) is 21.0 Å². The van der Waals surface area contributed by atoms with Crippen LogP contribution in [0.4, 0.5) is 5.69 Å². The number of carbonyl (C=O) groups is 2. The van der Waals surface area contributed by atoms with Gasteiger partial charge in [0.2, 0.25) is 28.6 Å². The highest BCUT2D eigenvalue weighted by atomic mass is 32.2. The molecule has 0 fully saturated rings. The number of rotatable bonds is 12. The minimum Gasteiger partial charge on any atom is -0.454 e. The summed E-state index contributed by atoms with van der Waals surface area (Å²) in [7, 11) is -3.87. The van der Waals surface area contributed by atoms with Crippen LogP contribution in [0.1, 0.15) is 30.5 Å². The van der Waals surface area contributed by atoms with Gasteiger partial charge in [-0.25, -0.2) is 8.42 Å². The van der Waals surface area contributed by atoms with Gasteiger partial charge >= 0.3 is 0 Å². The molecule has 0 spiro atoms. The van der Waals surface area contributed by atoms with Crippen molar-refractivity contribution in [1.29, 1.82) is 0 Å². The Hall–Kier alpha value is -4.05. The number of aryl methyl sites for hydroxylation is 1. The van der Waals surface area contributed by atoms with Crippen LogP contribution in [-0.4, -0.2) is 56.8 Å². The number of sulfonamides is 1. The van der Waals surface area contributed by atoms with E-state index in [1.807, 2.05) is 68.4 Å². The Bertz CT molecular complexity index is 1440. The zero-order chi connectivity index (χ0) is 28.7. The van der Waals surface area contributed by atoms with Gasteiger partial charge in [-0.15, -0.1) is 0 Å². The van der Waals surface area contributed by atoms with Crippen LogP contribution in [0.2, 0.25) is 0 Å². The van der Waals surface area contributed by atoms with E-state index < -0.39 is 28.5 Å². The molecule has 1 unspecified atom stereocenters. The molecular weight excluding hydrogens is 530 g/mol. The average Bonchev–Trinajstić information content (AvgIpc) is 3.42. The number of carbonyl (C=O) groups excluding carboxylic acids is 2. The van der Waals surface area contributed by atoms with E-state index >= 15 is 0 Å². The lowest BCUT2D eigenvalue weighted by molar-refractivity contribution is -0.140. The summed E-state index contributed by atoms with van der Waals surface area (Å²) in [5, 5.41) is 2.86. The molecule has 1 heterocycles. The lowest BCUT2D eigenvalue weighted by Crippen LogP contribution is -2.53. The molecule has 1 atom stereocenters. The Kier molecular flexibility index (Phi) is 9.31. The van der Waals surface area contributed by atoms with Crippen molar-refractivity contribution in [2.24, 2.45) is 0 Å². The van der Waals surface area contributed by atoms with Crippen molar-refractivity contribution in [2.45, 2.75) is 39.8 Å². The van der Waals surface area contributed by atoms with Gasteiger partial charge in [0.15, 0.2) is 11.5 Å². The van der Waals surface area contributed by atoms with E-state index in [4.69, 9.17) is 9.47 Å². The van der Waals surface area contributed by atoms with E-state index in [0.29, 0.717) is 18.0 Å². The first kappa shape index (κ1) is 28.9. The highest BCUT2D eigenvalue weighted by Gasteiger charge is 2.34. The lowest BCUT2D eigenvalue weighted by Gasteiger charge is -2.33. The first-order chi connectivity index (χ1) is 19.2. The number of amides is 2. The minimum absolute atomic E-state index is 0.0379. The first-order valence-corrected chi connectivity index (χ1v) is 14.9. The molecule has 3 aromatic carbocycles. The molecule has 0 aromatic heterocycles. The summed E-state index contributed by atoms with van der Waals surface area (Å²) in [6.45, 7) is 5.38. The minimum atomic E-state index is -3.87. The number of likely N-dealkylation sites (N-methyl/N-ethyl adjacent to an activating group) is 1. The smallest absolute Gasteiger partial charge is 0.244 e. The highest BCUT2D eigenvalue weighted by Crippen LogP contribution is 2.36. The van der Waals surface area contributed by atoms with Gasteiger partial charge in [-0.05, 0) is 44.0 Å². The summed E-state index contributed by atoms with van der Waals surface area (Å²) in [5.74, 6) is -0.105. The van der Waals surface area contributed by atoms with Crippen molar-refractivity contribution >= 4 is 27.5 Å². The van der Waals surface area contributed by atoms with E-state index in [9.17, 15) is 18.0 Å². The average molecular weight is 566 g/mol. The monoisotopic (exact) mass is 565 g/mol. The first-order valence-electron chi connectivity index (χ1n) is 13.3. The number of anilines is 1. The van der Waals surface area contributed by atoms with Crippen LogP contribution in [0, 0.1) is 6.92 Å². The number of hydrogen-bond acceptors (Lipinski definition) is 6. The number of fused-ring (bicyclic) bond motifs is 1. The summed E-state index contributed by atoms with van der Waals surface area (Å²) < 4.78 is 38.4. The maximum atomic E-state index is 14.1. The van der Waals surface area contributed by atoms with Gasteiger partial charge in [0.1, 0.15) is 12.6 Å². The Morgan fingerprint density at radius 1 is 0.925 bits per heavy atom. The second kappa shape index (κ2) is 12.9. The van der Waals surface area contributed by atoms with Crippen molar-refractivity contribution in [3.05, 3.63) is 89.5 Å². The quantitative estimate of drug-likeness (QED) is 0.360. The predicted molar refractivity (Wildman–Crippen MR) is 154 cm³/mol. The summed E-state index contributed by atoms with van der Waals surface area (Å²) in [5.41, 5.74) is 3.02. The van der Waals surface area contributed by atoms with Gasteiger partial charge in [-0.1, -0.05) is 60.2 Å². The summed E-state index contributed by atoms with van der Waals surface area (Å²) in [4.78, 5) is 29.0. The third-order valence-electron chi connectivity index (χ3n) is 6.68. The Balaban J connectivity index is 1.73. The molecule has 212 valence electrons. The molecule has 40 heavy (non-hydrogen) atoms. The lowest BCUT2D eigenvalue weighted by atomic mass is 10.0. The van der Waals surface area contributed by atoms with Crippen molar-refractivity contribution < 1.29 is 27.5 Å². The molecule has 0 saturated carbocycles. The molecule has 3 aromatic rings. The molecule has 9 nitrogen and oxygen atoms in total. The van der Waals surface area contributed by atoms with Crippen molar-refractivity contribution in [2.75, 3.05) is 29.9 Å². The Morgan fingerprint density at radius 3 is 2.35 bits per heavy atom. The topological polar surface area (TPSA) is 105 Å². The van der Waals surface area contributed by atoms with Crippen LogP contribution in [-0.2, 0) is 32.6 Å². The van der Waals surface area contributed by atoms with Crippen LogP contribution >= 0.6 is 0 Å². The fourth-order valence-electron chi connectivity index (χ4n) is 4.61. The van der Waals surface area contributed by atoms with Crippen molar-refractivity contribution in [3.63, 3.8) is 0 Å². The van der Waals surface area contributed by atoms with Gasteiger partial charge in [0.05, 0.1) is 11.4 Å². The number of nitrogens with zero attached hydrogens (tertiary/aromatic N) is 2. The highest BCUT2D eigenvalue weighted by molar-refractivity contribution is 7.92. The molecule has 10 heteroatoms. The van der Waals surface area contributed by atoms with Crippen LogP contribution in [0.5, 0.6) is 11.5 Å². The maximum Gasteiger partial charge on any atom is 0.244 e. The van der Waals surface area contributed by atoms with Crippen LogP contribution in [0.15, 0.2) is 72.8 Å². The Morgan fingerprint density at radius 2 is 1.65 bits per heavy atom. The Labute approximate surface area is 235 Å².